The molecule has 2 atom stereocenters. The van der Waals surface area contributed by atoms with Gasteiger partial charge in [-0.1, -0.05) is 13.0 Å². The number of furan rings is 1. The van der Waals surface area contributed by atoms with Gasteiger partial charge in [-0.15, -0.1) is 0 Å². The summed E-state index contributed by atoms with van der Waals surface area (Å²) in [4.78, 5) is 0. The summed E-state index contributed by atoms with van der Waals surface area (Å²) < 4.78 is 32.7. The maximum atomic E-state index is 13.7. The number of benzene rings is 1. The lowest BCUT2D eigenvalue weighted by Gasteiger charge is -2.21. The Morgan fingerprint density at radius 2 is 1.84 bits per heavy atom. The Bertz CT molecular complexity index is 505. The lowest BCUT2D eigenvalue weighted by Crippen LogP contribution is -2.25. The Morgan fingerprint density at radius 3 is 2.37 bits per heavy atom. The molecular formula is C15H17F2NO. The van der Waals surface area contributed by atoms with Gasteiger partial charge in [-0.3, -0.25) is 0 Å². The van der Waals surface area contributed by atoms with Gasteiger partial charge in [-0.2, -0.15) is 0 Å². The van der Waals surface area contributed by atoms with Crippen molar-refractivity contribution < 1.29 is 13.2 Å². The standard InChI is InChI=1S/C15H17F2NO/c1-3-13(14-8-5-9-19-14)18-10(2)15-11(16)6-4-7-12(15)17/h4-10,13,18H,3H2,1-2H3. The number of hydrogen-bond donors (Lipinski definition) is 1. The third kappa shape index (κ3) is 3.01. The van der Waals surface area contributed by atoms with E-state index in [0.717, 1.165) is 12.2 Å². The SMILES string of the molecule is CCC(NC(C)c1c(F)cccc1F)c1ccco1. The average molecular weight is 265 g/mol. The van der Waals surface area contributed by atoms with Gasteiger partial charge in [-0.25, -0.2) is 8.78 Å². The molecule has 0 amide bonds. The Labute approximate surface area is 111 Å². The molecule has 19 heavy (non-hydrogen) atoms. The minimum atomic E-state index is -0.533. The van der Waals surface area contributed by atoms with Gasteiger partial charge in [0.2, 0.25) is 0 Å². The Hall–Kier alpha value is -1.68. The highest BCUT2D eigenvalue weighted by Gasteiger charge is 2.20. The summed E-state index contributed by atoms with van der Waals surface area (Å²) >= 11 is 0. The first-order valence-corrected chi connectivity index (χ1v) is 6.36. The molecule has 4 heteroatoms. The molecule has 0 aliphatic heterocycles. The second-order valence-electron chi connectivity index (χ2n) is 4.50. The first-order chi connectivity index (χ1) is 9.13. The van der Waals surface area contributed by atoms with E-state index in [0.29, 0.717) is 0 Å². The highest BCUT2D eigenvalue weighted by atomic mass is 19.1. The fourth-order valence-corrected chi connectivity index (χ4v) is 2.20. The Kier molecular flexibility index (Phi) is 4.32. The average Bonchev–Trinajstić information content (AvgIpc) is 2.89. The summed E-state index contributed by atoms with van der Waals surface area (Å²) in [6, 6.07) is 7.06. The van der Waals surface area contributed by atoms with Gasteiger partial charge in [0.1, 0.15) is 17.4 Å². The van der Waals surface area contributed by atoms with Crippen LogP contribution in [0.25, 0.3) is 0 Å². The summed E-state index contributed by atoms with van der Waals surface area (Å²) in [7, 11) is 0. The van der Waals surface area contributed by atoms with Gasteiger partial charge in [0.05, 0.1) is 12.3 Å². The van der Waals surface area contributed by atoms with Crippen LogP contribution in [0.1, 0.15) is 43.7 Å². The van der Waals surface area contributed by atoms with Crippen molar-refractivity contribution in [2.24, 2.45) is 0 Å². The third-order valence-electron chi connectivity index (χ3n) is 3.18. The van der Waals surface area contributed by atoms with Crippen molar-refractivity contribution in [1.29, 1.82) is 0 Å². The summed E-state index contributed by atoms with van der Waals surface area (Å²) in [5.74, 6) is -0.297. The lowest BCUT2D eigenvalue weighted by molar-refractivity contribution is 0.366. The molecule has 1 aromatic heterocycles. The second-order valence-corrected chi connectivity index (χ2v) is 4.50. The van der Waals surface area contributed by atoms with Crippen LogP contribution in [-0.4, -0.2) is 0 Å². The van der Waals surface area contributed by atoms with Crippen molar-refractivity contribution in [3.8, 4) is 0 Å². The van der Waals surface area contributed by atoms with Crippen LogP contribution in [0.4, 0.5) is 8.78 Å². The van der Waals surface area contributed by atoms with Gasteiger partial charge >= 0.3 is 0 Å². The highest BCUT2D eigenvalue weighted by molar-refractivity contribution is 5.23. The van der Waals surface area contributed by atoms with Crippen LogP contribution >= 0.6 is 0 Å². The summed E-state index contributed by atoms with van der Waals surface area (Å²) in [5.41, 5.74) is 0.0625. The smallest absolute Gasteiger partial charge is 0.130 e. The van der Waals surface area contributed by atoms with Gasteiger partial charge < -0.3 is 9.73 Å². The zero-order chi connectivity index (χ0) is 13.8. The minimum absolute atomic E-state index is 0.0625. The molecule has 102 valence electrons. The molecule has 2 rings (SSSR count). The molecule has 1 heterocycles. The molecule has 2 nitrogen and oxygen atoms in total. The van der Waals surface area contributed by atoms with E-state index in [1.54, 1.807) is 19.3 Å². The van der Waals surface area contributed by atoms with Crippen LogP contribution < -0.4 is 5.32 Å². The summed E-state index contributed by atoms with van der Waals surface area (Å²) in [6.45, 7) is 3.73. The molecule has 0 radical (unpaired) electrons. The second kappa shape index (κ2) is 5.97. The number of rotatable bonds is 5. The van der Waals surface area contributed by atoms with Crippen LogP contribution in [0.15, 0.2) is 41.0 Å². The number of hydrogen-bond acceptors (Lipinski definition) is 2. The van der Waals surface area contributed by atoms with E-state index >= 15 is 0 Å². The summed E-state index contributed by atoms with van der Waals surface area (Å²) in [5, 5.41) is 3.19. The minimum Gasteiger partial charge on any atom is -0.468 e. The van der Waals surface area contributed by atoms with E-state index in [1.807, 2.05) is 13.0 Å². The van der Waals surface area contributed by atoms with E-state index in [1.165, 1.54) is 18.2 Å². The molecule has 2 aromatic rings. The van der Waals surface area contributed by atoms with Gasteiger partial charge in [-0.05, 0) is 37.6 Å². The number of nitrogens with one attached hydrogen (secondary N) is 1. The highest BCUT2D eigenvalue weighted by Crippen LogP contribution is 2.25. The first kappa shape index (κ1) is 13.7. The Morgan fingerprint density at radius 1 is 1.16 bits per heavy atom. The van der Waals surface area contributed by atoms with Gasteiger partial charge in [0.15, 0.2) is 0 Å². The zero-order valence-corrected chi connectivity index (χ0v) is 11.0. The molecule has 0 aliphatic rings. The van der Waals surface area contributed by atoms with Crippen LogP contribution in [0.3, 0.4) is 0 Å². The van der Waals surface area contributed by atoms with Crippen LogP contribution in [0.5, 0.6) is 0 Å². The predicted octanol–water partition coefficient (Wildman–Crippen LogP) is 4.36. The Balaban J connectivity index is 2.18. The van der Waals surface area contributed by atoms with E-state index < -0.39 is 17.7 Å². The van der Waals surface area contributed by atoms with Crippen molar-refractivity contribution in [3.05, 3.63) is 59.6 Å². The molecule has 0 aliphatic carbocycles. The van der Waals surface area contributed by atoms with Gasteiger partial charge in [0, 0.05) is 11.6 Å². The van der Waals surface area contributed by atoms with Crippen LogP contribution in [0.2, 0.25) is 0 Å². The van der Waals surface area contributed by atoms with E-state index in [4.69, 9.17) is 4.42 Å². The zero-order valence-electron chi connectivity index (χ0n) is 11.0. The van der Waals surface area contributed by atoms with Gasteiger partial charge in [0.25, 0.3) is 0 Å². The maximum Gasteiger partial charge on any atom is 0.130 e. The van der Waals surface area contributed by atoms with E-state index in [-0.39, 0.29) is 11.6 Å². The molecule has 0 bridgehead atoms. The van der Waals surface area contributed by atoms with Crippen molar-refractivity contribution >= 4 is 0 Å². The monoisotopic (exact) mass is 265 g/mol. The van der Waals surface area contributed by atoms with Crippen LogP contribution in [-0.2, 0) is 0 Å². The van der Waals surface area contributed by atoms with Crippen molar-refractivity contribution in [2.75, 3.05) is 0 Å². The van der Waals surface area contributed by atoms with Crippen molar-refractivity contribution in [1.82, 2.24) is 5.32 Å². The molecular weight excluding hydrogens is 248 g/mol. The molecule has 0 saturated heterocycles. The quantitative estimate of drug-likeness (QED) is 0.869. The topological polar surface area (TPSA) is 25.2 Å². The molecule has 0 fully saturated rings. The molecule has 2 unspecified atom stereocenters. The van der Waals surface area contributed by atoms with E-state index in [2.05, 4.69) is 5.32 Å². The largest absolute Gasteiger partial charge is 0.468 e. The molecule has 1 aromatic carbocycles. The fraction of sp³-hybridized carbons (Fsp3) is 0.333. The molecule has 1 N–H and O–H groups in total. The molecule has 0 saturated carbocycles. The van der Waals surface area contributed by atoms with Crippen molar-refractivity contribution in [3.63, 3.8) is 0 Å². The maximum absolute atomic E-state index is 13.7. The van der Waals surface area contributed by atoms with Crippen molar-refractivity contribution in [2.45, 2.75) is 32.4 Å². The predicted molar refractivity (Wildman–Crippen MR) is 69.6 cm³/mol. The molecule has 0 spiro atoms. The fourth-order valence-electron chi connectivity index (χ4n) is 2.20. The first-order valence-electron chi connectivity index (χ1n) is 6.36. The van der Waals surface area contributed by atoms with Crippen LogP contribution in [0, 0.1) is 11.6 Å². The third-order valence-corrected chi connectivity index (χ3v) is 3.18. The lowest BCUT2D eigenvalue weighted by atomic mass is 10.0. The van der Waals surface area contributed by atoms with E-state index in [9.17, 15) is 8.78 Å². The number of halogens is 2. The normalized spacial score (nSPS) is 14.3. The summed E-state index contributed by atoms with van der Waals surface area (Å²) in [6.07, 6.45) is 2.36.